The molecule has 1 aromatic carbocycles. The summed E-state index contributed by atoms with van der Waals surface area (Å²) in [5.41, 5.74) is 6.63. The number of nitrogens with zero attached hydrogens (tertiary/aromatic N) is 2. The molecule has 3 fully saturated rings. The minimum absolute atomic E-state index is 0.0575. The van der Waals surface area contributed by atoms with Gasteiger partial charge in [0.05, 0.1) is 24.4 Å². The predicted molar refractivity (Wildman–Crippen MR) is 111 cm³/mol. The number of ketones is 1. The van der Waals surface area contributed by atoms with E-state index in [0.717, 1.165) is 0 Å². The fourth-order valence-corrected chi connectivity index (χ4v) is 4.51. The number of benzene rings is 1. The molecule has 0 saturated carbocycles. The van der Waals surface area contributed by atoms with Crippen molar-refractivity contribution in [1.82, 2.24) is 15.3 Å². The molecule has 0 aliphatic carbocycles. The van der Waals surface area contributed by atoms with Crippen LogP contribution in [0.1, 0.15) is 42.5 Å². The zero-order chi connectivity index (χ0) is 22.8. The molecule has 3 aliphatic rings. The van der Waals surface area contributed by atoms with E-state index in [2.05, 4.69) is 5.32 Å². The van der Waals surface area contributed by atoms with Crippen LogP contribution in [0.25, 0.3) is 0 Å². The summed E-state index contributed by atoms with van der Waals surface area (Å²) < 4.78 is 4.88. The highest BCUT2D eigenvalue weighted by Crippen LogP contribution is 2.29. The summed E-state index contributed by atoms with van der Waals surface area (Å²) in [6.45, 7) is 0.390. The highest BCUT2D eigenvalue weighted by atomic mass is 16.5. The monoisotopic (exact) mass is 442 g/mol. The van der Waals surface area contributed by atoms with Gasteiger partial charge in [-0.1, -0.05) is 30.3 Å². The maximum Gasteiger partial charge on any atom is 0.308 e. The van der Waals surface area contributed by atoms with E-state index in [4.69, 9.17) is 10.5 Å². The first kappa shape index (κ1) is 21.9. The van der Waals surface area contributed by atoms with E-state index in [0.29, 0.717) is 24.9 Å². The molecule has 1 aromatic rings. The minimum Gasteiger partial charge on any atom is -0.463 e. The quantitative estimate of drug-likeness (QED) is 0.474. The molecule has 2 unspecified atom stereocenters. The van der Waals surface area contributed by atoms with E-state index in [1.54, 1.807) is 30.3 Å². The number of carbonyl (C=O) groups is 5. The van der Waals surface area contributed by atoms with E-state index in [1.807, 2.05) is 0 Å². The van der Waals surface area contributed by atoms with Crippen LogP contribution in [0.3, 0.4) is 0 Å². The summed E-state index contributed by atoms with van der Waals surface area (Å²) in [7, 11) is 0. The average Bonchev–Trinajstić information content (AvgIpc) is 3.16. The molecule has 0 spiro atoms. The number of Topliss-reactive ketones (excluding diaryl/α,β-unsaturated/α-hetero) is 1. The molecule has 32 heavy (non-hydrogen) atoms. The summed E-state index contributed by atoms with van der Waals surface area (Å²) in [6.07, 6.45) is 1.16. The maximum atomic E-state index is 13.5. The second-order valence-corrected chi connectivity index (χ2v) is 8.35. The molecule has 3 aliphatic heterocycles. The van der Waals surface area contributed by atoms with Crippen molar-refractivity contribution in [1.29, 1.82) is 0 Å². The van der Waals surface area contributed by atoms with Crippen LogP contribution in [0.2, 0.25) is 0 Å². The van der Waals surface area contributed by atoms with E-state index >= 15 is 0 Å². The van der Waals surface area contributed by atoms with Gasteiger partial charge < -0.3 is 15.8 Å². The van der Waals surface area contributed by atoms with Crippen molar-refractivity contribution in [3.63, 3.8) is 0 Å². The zero-order valence-corrected chi connectivity index (χ0v) is 17.6. The highest BCUT2D eigenvalue weighted by molar-refractivity contribution is 6.03. The Morgan fingerprint density at radius 2 is 1.88 bits per heavy atom. The number of cyclic esters (lactones) is 1. The fourth-order valence-electron chi connectivity index (χ4n) is 4.51. The van der Waals surface area contributed by atoms with Crippen molar-refractivity contribution < 1.29 is 28.7 Å². The molecule has 3 N–H and O–H groups in total. The Bertz CT molecular complexity index is 936. The lowest BCUT2D eigenvalue weighted by Crippen LogP contribution is -2.63. The predicted octanol–water partition coefficient (Wildman–Crippen LogP) is -0.227. The van der Waals surface area contributed by atoms with E-state index < -0.39 is 41.8 Å². The number of esters is 1. The Labute approximate surface area is 185 Å². The number of hydrogen-bond donors (Lipinski definition) is 2. The first-order chi connectivity index (χ1) is 15.4. The maximum absolute atomic E-state index is 13.5. The fraction of sp³-hybridized carbons (Fsp3) is 0.500. The first-order valence-electron chi connectivity index (χ1n) is 10.8. The van der Waals surface area contributed by atoms with Crippen LogP contribution in [0.4, 0.5) is 0 Å². The number of ether oxygens (including phenoxy) is 1. The van der Waals surface area contributed by atoms with Crippen molar-refractivity contribution in [3.8, 4) is 0 Å². The van der Waals surface area contributed by atoms with E-state index in [9.17, 15) is 24.0 Å². The lowest BCUT2D eigenvalue weighted by molar-refractivity contribution is -0.177. The molecule has 10 heteroatoms. The molecule has 170 valence electrons. The van der Waals surface area contributed by atoms with Crippen molar-refractivity contribution in [2.45, 2.75) is 50.2 Å². The summed E-state index contributed by atoms with van der Waals surface area (Å²) in [4.78, 5) is 63.6. The Morgan fingerprint density at radius 1 is 1.12 bits per heavy atom. The Morgan fingerprint density at radius 3 is 2.56 bits per heavy atom. The van der Waals surface area contributed by atoms with E-state index in [-0.39, 0.29) is 37.6 Å². The van der Waals surface area contributed by atoms with Crippen LogP contribution in [0, 0.1) is 5.92 Å². The van der Waals surface area contributed by atoms with Crippen LogP contribution < -0.4 is 11.1 Å². The van der Waals surface area contributed by atoms with Gasteiger partial charge >= 0.3 is 5.97 Å². The topological polar surface area (TPSA) is 139 Å². The second kappa shape index (κ2) is 9.07. The SMILES string of the molecule is NC(C(=O)c1ccccc1)[C@H]1CCC(=O)N2CCC[C@@H](C(=O)NC3COC(=O)C3)N2C1=O. The largest absolute Gasteiger partial charge is 0.463 e. The van der Waals surface area contributed by atoms with Crippen LogP contribution in [-0.2, 0) is 23.9 Å². The third kappa shape index (κ3) is 4.22. The smallest absolute Gasteiger partial charge is 0.308 e. The highest BCUT2D eigenvalue weighted by Gasteiger charge is 2.47. The normalized spacial score (nSPS) is 26.8. The molecule has 10 nitrogen and oxygen atoms in total. The van der Waals surface area contributed by atoms with Gasteiger partial charge in [-0.25, -0.2) is 5.01 Å². The van der Waals surface area contributed by atoms with Crippen molar-refractivity contribution in [2.24, 2.45) is 11.7 Å². The van der Waals surface area contributed by atoms with Crippen LogP contribution >= 0.6 is 0 Å². The molecule has 4 rings (SSSR count). The molecular weight excluding hydrogens is 416 g/mol. The van der Waals surface area contributed by atoms with Crippen LogP contribution in [0.5, 0.6) is 0 Å². The van der Waals surface area contributed by atoms with Crippen molar-refractivity contribution >= 4 is 29.5 Å². The third-order valence-corrected chi connectivity index (χ3v) is 6.21. The lowest BCUT2D eigenvalue weighted by atomic mass is 9.88. The van der Waals surface area contributed by atoms with Gasteiger partial charge in [-0.2, -0.15) is 0 Å². The standard InChI is InChI=1S/C22H26N4O6/c23-19(20(29)13-5-2-1-3-6-13)15-8-9-17(27)25-10-4-7-16(26(25)22(15)31)21(30)24-14-11-18(28)32-12-14/h1-3,5-6,14-16,19H,4,7-12,23H2,(H,24,30)/t14?,15-,16+,19?/m1/s1. The third-order valence-electron chi connectivity index (χ3n) is 6.21. The van der Waals surface area contributed by atoms with Gasteiger partial charge in [0.2, 0.25) is 17.7 Å². The van der Waals surface area contributed by atoms with Gasteiger partial charge in [0.15, 0.2) is 5.78 Å². The molecule has 4 atom stereocenters. The van der Waals surface area contributed by atoms with E-state index in [1.165, 1.54) is 10.0 Å². The number of nitrogens with two attached hydrogens (primary N) is 1. The van der Waals surface area contributed by atoms with Gasteiger partial charge in [-0.05, 0) is 19.3 Å². The molecular formula is C22H26N4O6. The van der Waals surface area contributed by atoms with Gasteiger partial charge in [0.25, 0.3) is 0 Å². The van der Waals surface area contributed by atoms with Gasteiger partial charge in [0.1, 0.15) is 12.6 Å². The number of fused-ring (bicyclic) bond motifs is 1. The molecule has 0 radical (unpaired) electrons. The van der Waals surface area contributed by atoms with Gasteiger partial charge in [0, 0.05) is 18.5 Å². The number of hydrogen-bond acceptors (Lipinski definition) is 7. The summed E-state index contributed by atoms with van der Waals surface area (Å²) >= 11 is 0. The van der Waals surface area contributed by atoms with Crippen LogP contribution in [-0.4, -0.2) is 70.8 Å². The molecule has 0 aromatic heterocycles. The molecule has 0 bridgehead atoms. The Kier molecular flexibility index (Phi) is 6.22. The number of nitrogens with one attached hydrogen (secondary N) is 1. The average molecular weight is 442 g/mol. The van der Waals surface area contributed by atoms with Gasteiger partial charge in [-0.3, -0.25) is 29.0 Å². The summed E-state index contributed by atoms with van der Waals surface area (Å²) in [5, 5.41) is 5.25. The Hall–Kier alpha value is -3.27. The number of carbonyl (C=O) groups excluding carboxylic acids is 5. The molecule has 3 amide bonds. The first-order valence-corrected chi connectivity index (χ1v) is 10.8. The minimum atomic E-state index is -1.14. The van der Waals surface area contributed by atoms with Crippen molar-refractivity contribution in [3.05, 3.63) is 35.9 Å². The number of amides is 3. The number of rotatable bonds is 5. The second-order valence-electron chi connectivity index (χ2n) is 8.35. The summed E-state index contributed by atoms with van der Waals surface area (Å²) in [6, 6.07) is 5.92. The van der Waals surface area contributed by atoms with Crippen LogP contribution in [0.15, 0.2) is 30.3 Å². The zero-order valence-electron chi connectivity index (χ0n) is 17.6. The van der Waals surface area contributed by atoms with Crippen molar-refractivity contribution in [2.75, 3.05) is 13.2 Å². The van der Waals surface area contributed by atoms with Gasteiger partial charge in [-0.15, -0.1) is 0 Å². The lowest BCUT2D eigenvalue weighted by Gasteiger charge is -2.43. The number of hydrazine groups is 1. The molecule has 3 saturated heterocycles. The molecule has 3 heterocycles. The Balaban J connectivity index is 1.56. The summed E-state index contributed by atoms with van der Waals surface area (Å²) in [5.74, 6) is -2.95.